The van der Waals surface area contributed by atoms with Gasteiger partial charge in [0.25, 0.3) is 10.0 Å². The quantitative estimate of drug-likeness (QED) is 0.485. The Morgan fingerprint density at radius 3 is 2.00 bits per heavy atom. The predicted octanol–water partition coefficient (Wildman–Crippen LogP) is 4.89. The van der Waals surface area contributed by atoms with Gasteiger partial charge in [0.05, 0.1) is 45.2 Å². The minimum atomic E-state index is -3.80. The van der Waals surface area contributed by atoms with Gasteiger partial charge in [-0.25, -0.2) is 12.4 Å². The maximum Gasteiger partial charge on any atom is 0.268 e. The van der Waals surface area contributed by atoms with Crippen LogP contribution in [0.3, 0.4) is 0 Å². The number of hydrogen-bond donors (Lipinski definition) is 0. The monoisotopic (exact) mass is 484 g/mol. The summed E-state index contributed by atoms with van der Waals surface area (Å²) < 4.78 is 29.1. The van der Waals surface area contributed by atoms with Crippen LogP contribution < -0.4 is 0 Å². The molecule has 1 aromatic heterocycles. The molecule has 1 amide bonds. The van der Waals surface area contributed by atoms with Crippen molar-refractivity contribution in [2.24, 2.45) is 0 Å². The van der Waals surface area contributed by atoms with E-state index < -0.39 is 26.2 Å². The first-order chi connectivity index (χ1) is 14.8. The van der Waals surface area contributed by atoms with Gasteiger partial charge in [0, 0.05) is 10.7 Å². The zero-order valence-electron chi connectivity index (χ0n) is 19.7. The molecule has 0 atom stereocenters. The molecule has 1 aliphatic rings. The van der Waals surface area contributed by atoms with E-state index in [1.807, 2.05) is 35.2 Å². The SMILES string of the molecule is C[Si](C)(C)C(N1Cc2c(c3ccccc3n2S(=O)(=O)c2ccccc2)CC1=O)[Si](C)(C)C. The zero-order valence-corrected chi connectivity index (χ0v) is 22.5. The Morgan fingerprint density at radius 2 is 1.41 bits per heavy atom. The number of nitrogens with zero attached hydrogens (tertiary/aromatic N) is 2. The summed E-state index contributed by atoms with van der Waals surface area (Å²) >= 11 is 0. The van der Waals surface area contributed by atoms with Crippen LogP contribution >= 0.6 is 0 Å². The van der Waals surface area contributed by atoms with Crippen LogP contribution in [-0.2, 0) is 27.8 Å². The Morgan fingerprint density at radius 1 is 0.844 bits per heavy atom. The van der Waals surface area contributed by atoms with E-state index in [2.05, 4.69) is 39.3 Å². The van der Waals surface area contributed by atoms with Gasteiger partial charge >= 0.3 is 0 Å². The van der Waals surface area contributed by atoms with Crippen molar-refractivity contribution in [2.45, 2.75) is 62.4 Å². The number of benzene rings is 2. The molecule has 0 spiro atoms. The molecule has 0 saturated heterocycles. The van der Waals surface area contributed by atoms with Crippen LogP contribution in [0.2, 0.25) is 39.3 Å². The third kappa shape index (κ3) is 3.78. The van der Waals surface area contributed by atoms with E-state index in [1.165, 1.54) is 3.97 Å². The van der Waals surface area contributed by atoms with E-state index in [4.69, 9.17) is 0 Å². The van der Waals surface area contributed by atoms with Crippen molar-refractivity contribution in [2.75, 3.05) is 0 Å². The molecule has 0 aliphatic carbocycles. The van der Waals surface area contributed by atoms with Crippen molar-refractivity contribution < 1.29 is 13.2 Å². The van der Waals surface area contributed by atoms with Gasteiger partial charge in [-0.1, -0.05) is 75.7 Å². The molecule has 0 radical (unpaired) electrons. The van der Waals surface area contributed by atoms with Gasteiger partial charge in [0.1, 0.15) is 0 Å². The summed E-state index contributed by atoms with van der Waals surface area (Å²) in [6.45, 7) is 14.2. The highest BCUT2D eigenvalue weighted by atomic mass is 32.2. The zero-order chi connectivity index (χ0) is 23.5. The fraction of sp³-hybridized carbons (Fsp3) is 0.375. The molecule has 8 heteroatoms. The average Bonchev–Trinajstić information content (AvgIpc) is 3.01. The smallest absolute Gasteiger partial charge is 0.268 e. The number of aromatic nitrogens is 1. The van der Waals surface area contributed by atoms with Crippen LogP contribution in [0, 0.1) is 0 Å². The molecule has 2 heterocycles. The number of fused-ring (bicyclic) bond motifs is 3. The van der Waals surface area contributed by atoms with Crippen LogP contribution in [-0.4, -0.2) is 44.6 Å². The number of para-hydroxylation sites is 1. The van der Waals surface area contributed by atoms with E-state index in [-0.39, 0.29) is 22.5 Å². The third-order valence-corrected chi connectivity index (χ3v) is 17.1. The van der Waals surface area contributed by atoms with Crippen LogP contribution in [0.1, 0.15) is 11.3 Å². The average molecular weight is 485 g/mol. The highest BCUT2D eigenvalue weighted by Gasteiger charge is 2.46. The number of amides is 1. The van der Waals surface area contributed by atoms with E-state index in [1.54, 1.807) is 24.3 Å². The van der Waals surface area contributed by atoms with Crippen LogP contribution in [0.4, 0.5) is 0 Å². The lowest BCUT2D eigenvalue weighted by atomic mass is 10.0. The Kier molecular flexibility index (Phi) is 5.54. The Labute approximate surface area is 193 Å². The van der Waals surface area contributed by atoms with Gasteiger partial charge in [-0.15, -0.1) is 0 Å². The number of hydrogen-bond acceptors (Lipinski definition) is 3. The fourth-order valence-electron chi connectivity index (χ4n) is 5.63. The first-order valence-corrected chi connectivity index (χ1v) is 19.6. The minimum Gasteiger partial charge on any atom is -0.339 e. The van der Waals surface area contributed by atoms with Crippen molar-refractivity contribution in [3.05, 3.63) is 65.9 Å². The molecule has 1 aliphatic heterocycles. The summed E-state index contributed by atoms with van der Waals surface area (Å²) in [5, 5.41) is 1.08. The highest BCUT2D eigenvalue weighted by Crippen LogP contribution is 2.37. The molecule has 0 fully saturated rings. The van der Waals surface area contributed by atoms with E-state index in [0.29, 0.717) is 12.1 Å². The highest BCUT2D eigenvalue weighted by molar-refractivity contribution is 7.90. The van der Waals surface area contributed by atoms with Gasteiger partial charge in [-0.3, -0.25) is 4.79 Å². The lowest BCUT2D eigenvalue weighted by Gasteiger charge is -2.47. The van der Waals surface area contributed by atoms with E-state index in [9.17, 15) is 13.2 Å². The second-order valence-electron chi connectivity index (χ2n) is 10.9. The van der Waals surface area contributed by atoms with E-state index in [0.717, 1.165) is 16.6 Å². The fourth-order valence-corrected chi connectivity index (χ4v) is 20.0. The predicted molar refractivity (Wildman–Crippen MR) is 136 cm³/mol. The van der Waals surface area contributed by atoms with Crippen molar-refractivity contribution >= 4 is 43.0 Å². The first kappa shape index (κ1) is 23.0. The molecule has 32 heavy (non-hydrogen) atoms. The lowest BCUT2D eigenvalue weighted by Crippen LogP contribution is -2.65. The van der Waals surface area contributed by atoms with Crippen molar-refractivity contribution in [1.29, 1.82) is 0 Å². The molecule has 4 rings (SSSR count). The summed E-state index contributed by atoms with van der Waals surface area (Å²) in [5.74, 6) is 0.118. The van der Waals surface area contributed by atoms with Crippen molar-refractivity contribution in [3.8, 4) is 0 Å². The van der Waals surface area contributed by atoms with E-state index >= 15 is 0 Å². The second-order valence-corrected chi connectivity index (χ2v) is 23.8. The normalized spacial score (nSPS) is 15.5. The molecule has 2 aromatic carbocycles. The maximum absolute atomic E-state index is 13.8. The molecule has 170 valence electrons. The topological polar surface area (TPSA) is 59.4 Å². The van der Waals surface area contributed by atoms with Crippen LogP contribution in [0.5, 0.6) is 0 Å². The van der Waals surface area contributed by atoms with Crippen LogP contribution in [0.25, 0.3) is 10.9 Å². The summed E-state index contributed by atoms with van der Waals surface area (Å²) in [4.78, 5) is 15.8. The Bertz CT molecular complexity index is 1270. The molecule has 0 N–H and O–H groups in total. The molecule has 3 aromatic rings. The Balaban J connectivity index is 1.96. The first-order valence-electron chi connectivity index (χ1n) is 11.0. The van der Waals surface area contributed by atoms with Crippen LogP contribution in [0.15, 0.2) is 59.5 Å². The molecule has 5 nitrogen and oxygen atoms in total. The summed E-state index contributed by atoms with van der Waals surface area (Å²) in [6.07, 6.45) is 0.249. The lowest BCUT2D eigenvalue weighted by molar-refractivity contribution is -0.132. The van der Waals surface area contributed by atoms with Gasteiger partial charge in [-0.2, -0.15) is 0 Å². The van der Waals surface area contributed by atoms with Crippen molar-refractivity contribution in [1.82, 2.24) is 8.87 Å². The minimum absolute atomic E-state index is 0.118. The molecular weight excluding hydrogens is 453 g/mol. The number of carbonyl (C=O) groups is 1. The van der Waals surface area contributed by atoms with Gasteiger partial charge < -0.3 is 4.90 Å². The second kappa shape index (κ2) is 7.71. The summed E-state index contributed by atoms with van der Waals surface area (Å²) in [5.41, 5.74) is 2.23. The molecule has 0 unspecified atom stereocenters. The van der Waals surface area contributed by atoms with Gasteiger partial charge in [-0.05, 0) is 23.8 Å². The summed E-state index contributed by atoms with van der Waals surface area (Å²) in [7, 11) is -7.26. The summed E-state index contributed by atoms with van der Waals surface area (Å²) in [6, 6.07) is 16.1. The Hall–Kier alpha value is -2.17. The largest absolute Gasteiger partial charge is 0.339 e. The number of carbonyl (C=O) groups excluding carboxylic acids is 1. The van der Waals surface area contributed by atoms with Gasteiger partial charge in [0.2, 0.25) is 5.91 Å². The maximum atomic E-state index is 13.8. The molecule has 0 bridgehead atoms. The molecular formula is C24H32N2O3SSi2. The molecule has 0 saturated carbocycles. The standard InChI is InChI=1S/C24H32N2O3SSi2/c1-31(2,3)24(32(4,5)6)25-17-22-20(16-23(25)27)19-14-10-11-15-21(19)26(22)30(28,29)18-12-8-7-9-13-18/h7-15,24H,16-17H2,1-6H3. The number of rotatable bonds is 5. The van der Waals surface area contributed by atoms with Crippen molar-refractivity contribution in [3.63, 3.8) is 0 Å². The third-order valence-electron chi connectivity index (χ3n) is 6.24. The van der Waals surface area contributed by atoms with Gasteiger partial charge in [0.15, 0.2) is 0 Å².